The molecule has 0 fully saturated rings. The van der Waals surface area contributed by atoms with Crippen LogP contribution in [0, 0.1) is 5.92 Å². The van der Waals surface area contributed by atoms with E-state index in [1.54, 1.807) is 0 Å². The zero-order valence-corrected chi connectivity index (χ0v) is 9.31. The summed E-state index contributed by atoms with van der Waals surface area (Å²) in [6, 6.07) is 9.53. The summed E-state index contributed by atoms with van der Waals surface area (Å²) in [6.45, 7) is 3.68. The molecular weight excluding hydrogens is 202 g/mol. The van der Waals surface area contributed by atoms with Crippen LogP contribution in [-0.4, -0.2) is 10.8 Å². The highest BCUT2D eigenvalue weighted by Gasteiger charge is 2.16. The van der Waals surface area contributed by atoms with E-state index >= 15 is 0 Å². The van der Waals surface area contributed by atoms with Crippen LogP contribution in [0.2, 0.25) is 0 Å². The van der Waals surface area contributed by atoms with Crippen LogP contribution in [0.1, 0.15) is 24.4 Å². The summed E-state index contributed by atoms with van der Waals surface area (Å²) in [4.78, 5) is 15.8. The summed E-state index contributed by atoms with van der Waals surface area (Å²) in [5.74, 6) is 0.727. The average molecular weight is 215 g/mol. The van der Waals surface area contributed by atoms with E-state index in [-0.39, 0.29) is 11.7 Å². The summed E-state index contributed by atoms with van der Waals surface area (Å²) in [5, 5.41) is 0. The topological polar surface area (TPSA) is 43.1 Å². The van der Waals surface area contributed by atoms with Crippen LogP contribution in [0.15, 0.2) is 40.9 Å². The molecule has 2 aromatic rings. The van der Waals surface area contributed by atoms with Crippen LogP contribution < -0.4 is 0 Å². The monoisotopic (exact) mass is 215 g/mol. The van der Waals surface area contributed by atoms with Gasteiger partial charge in [0.1, 0.15) is 0 Å². The Bertz CT molecular complexity index is 486. The number of carbonyl (C=O) groups is 1. The number of hydrogen-bond acceptors (Lipinski definition) is 3. The fourth-order valence-corrected chi connectivity index (χ4v) is 1.39. The van der Waals surface area contributed by atoms with Crippen LogP contribution in [0.4, 0.5) is 0 Å². The Labute approximate surface area is 94.1 Å². The molecule has 0 aliphatic heterocycles. The van der Waals surface area contributed by atoms with Crippen molar-refractivity contribution >= 4 is 5.78 Å². The van der Waals surface area contributed by atoms with Crippen molar-refractivity contribution < 1.29 is 9.21 Å². The molecule has 16 heavy (non-hydrogen) atoms. The van der Waals surface area contributed by atoms with Gasteiger partial charge < -0.3 is 4.42 Å². The molecule has 0 unspecified atom stereocenters. The average Bonchev–Trinajstić information content (AvgIpc) is 2.78. The van der Waals surface area contributed by atoms with Crippen LogP contribution in [0.25, 0.3) is 11.5 Å². The molecule has 0 aliphatic rings. The number of aromatic nitrogens is 1. The molecule has 82 valence electrons. The van der Waals surface area contributed by atoms with Gasteiger partial charge >= 0.3 is 0 Å². The maximum Gasteiger partial charge on any atom is 0.226 e. The molecule has 0 N–H and O–H groups in total. The molecule has 0 aliphatic carbocycles. The minimum Gasteiger partial charge on any atom is -0.433 e. The first-order valence-electron chi connectivity index (χ1n) is 5.24. The Hall–Kier alpha value is -1.90. The van der Waals surface area contributed by atoms with Gasteiger partial charge in [0.2, 0.25) is 11.7 Å². The smallest absolute Gasteiger partial charge is 0.226 e. The SMILES string of the molecule is CC(C)C(=O)c1cnc(-c2ccccc2)o1. The second-order valence-corrected chi connectivity index (χ2v) is 3.91. The predicted molar refractivity (Wildman–Crippen MR) is 61.1 cm³/mol. The minimum absolute atomic E-state index is 0.0188. The van der Waals surface area contributed by atoms with E-state index in [1.807, 2.05) is 44.2 Å². The number of benzene rings is 1. The molecule has 3 nitrogen and oxygen atoms in total. The number of nitrogens with zero attached hydrogens (tertiary/aromatic N) is 1. The van der Waals surface area contributed by atoms with Crippen LogP contribution in [-0.2, 0) is 0 Å². The van der Waals surface area contributed by atoms with Gasteiger partial charge in [-0.2, -0.15) is 0 Å². The van der Waals surface area contributed by atoms with Crippen molar-refractivity contribution in [1.82, 2.24) is 4.98 Å². The van der Waals surface area contributed by atoms with Gasteiger partial charge in [0.15, 0.2) is 5.76 Å². The Morgan fingerprint density at radius 2 is 1.94 bits per heavy atom. The third kappa shape index (κ3) is 2.03. The van der Waals surface area contributed by atoms with Gasteiger partial charge in [0, 0.05) is 11.5 Å². The summed E-state index contributed by atoms with van der Waals surface area (Å²) in [6.07, 6.45) is 1.49. The van der Waals surface area contributed by atoms with Gasteiger partial charge in [-0.1, -0.05) is 32.0 Å². The van der Waals surface area contributed by atoms with Crippen molar-refractivity contribution in [3.8, 4) is 11.5 Å². The highest BCUT2D eigenvalue weighted by Crippen LogP contribution is 2.19. The first kappa shape index (κ1) is 10.6. The van der Waals surface area contributed by atoms with E-state index in [0.717, 1.165) is 5.56 Å². The quantitative estimate of drug-likeness (QED) is 0.738. The molecular formula is C13H13NO2. The van der Waals surface area contributed by atoms with Crippen LogP contribution >= 0.6 is 0 Å². The van der Waals surface area contributed by atoms with Gasteiger partial charge in [-0.05, 0) is 12.1 Å². The van der Waals surface area contributed by atoms with Crippen molar-refractivity contribution in [3.05, 3.63) is 42.3 Å². The molecule has 0 amide bonds. The summed E-state index contributed by atoms with van der Waals surface area (Å²) < 4.78 is 5.43. The van der Waals surface area contributed by atoms with Gasteiger partial charge in [-0.15, -0.1) is 0 Å². The number of oxazole rings is 1. The lowest BCUT2D eigenvalue weighted by Crippen LogP contribution is -2.05. The van der Waals surface area contributed by atoms with E-state index in [0.29, 0.717) is 11.7 Å². The second kappa shape index (κ2) is 4.31. The third-order valence-electron chi connectivity index (χ3n) is 2.29. The lowest BCUT2D eigenvalue weighted by atomic mass is 10.1. The lowest BCUT2D eigenvalue weighted by Gasteiger charge is -1.98. The normalized spacial score (nSPS) is 10.7. The number of carbonyl (C=O) groups excluding carboxylic acids is 1. The highest BCUT2D eigenvalue weighted by molar-refractivity contribution is 5.94. The summed E-state index contributed by atoms with van der Waals surface area (Å²) >= 11 is 0. The number of hydrogen-bond donors (Lipinski definition) is 0. The van der Waals surface area contributed by atoms with E-state index in [2.05, 4.69) is 4.98 Å². The van der Waals surface area contributed by atoms with Crippen molar-refractivity contribution in [2.24, 2.45) is 5.92 Å². The van der Waals surface area contributed by atoms with Crippen LogP contribution in [0.5, 0.6) is 0 Å². The first-order valence-corrected chi connectivity index (χ1v) is 5.24. The molecule has 1 aromatic carbocycles. The summed E-state index contributed by atoms with van der Waals surface area (Å²) in [5.41, 5.74) is 0.880. The molecule has 0 saturated heterocycles. The number of ketones is 1. The number of rotatable bonds is 3. The van der Waals surface area contributed by atoms with Gasteiger partial charge in [-0.3, -0.25) is 4.79 Å². The zero-order valence-electron chi connectivity index (χ0n) is 9.31. The summed E-state index contributed by atoms with van der Waals surface area (Å²) in [7, 11) is 0. The Balaban J connectivity index is 2.30. The lowest BCUT2D eigenvalue weighted by molar-refractivity contribution is 0.0912. The molecule has 3 heteroatoms. The highest BCUT2D eigenvalue weighted by atomic mass is 16.4. The second-order valence-electron chi connectivity index (χ2n) is 3.91. The van der Waals surface area contributed by atoms with E-state index in [1.165, 1.54) is 6.20 Å². The van der Waals surface area contributed by atoms with Crippen molar-refractivity contribution in [3.63, 3.8) is 0 Å². The Kier molecular flexibility index (Phi) is 2.86. The molecule has 0 spiro atoms. The molecule has 0 bridgehead atoms. The van der Waals surface area contributed by atoms with Gasteiger partial charge in [0.25, 0.3) is 0 Å². The predicted octanol–water partition coefficient (Wildman–Crippen LogP) is 3.18. The Morgan fingerprint density at radius 3 is 2.56 bits per heavy atom. The Morgan fingerprint density at radius 1 is 1.25 bits per heavy atom. The minimum atomic E-state index is -0.0726. The molecule has 2 rings (SSSR count). The largest absolute Gasteiger partial charge is 0.433 e. The molecule has 1 aromatic heterocycles. The fourth-order valence-electron chi connectivity index (χ4n) is 1.39. The number of Topliss-reactive ketones (excluding diaryl/α,β-unsaturated/α-hetero) is 1. The van der Waals surface area contributed by atoms with E-state index in [4.69, 9.17) is 4.42 Å². The van der Waals surface area contributed by atoms with Crippen molar-refractivity contribution in [2.75, 3.05) is 0 Å². The molecule has 0 radical (unpaired) electrons. The molecule has 0 saturated carbocycles. The van der Waals surface area contributed by atoms with E-state index < -0.39 is 0 Å². The maximum absolute atomic E-state index is 11.7. The van der Waals surface area contributed by atoms with Gasteiger partial charge in [0.05, 0.1) is 6.20 Å². The fraction of sp³-hybridized carbons (Fsp3) is 0.231. The standard InChI is InChI=1S/C13H13NO2/c1-9(2)12(15)11-8-14-13(16-11)10-6-4-3-5-7-10/h3-9H,1-2H3. The van der Waals surface area contributed by atoms with Gasteiger partial charge in [-0.25, -0.2) is 4.98 Å². The third-order valence-corrected chi connectivity index (χ3v) is 2.29. The van der Waals surface area contributed by atoms with Crippen molar-refractivity contribution in [2.45, 2.75) is 13.8 Å². The molecule has 0 atom stereocenters. The van der Waals surface area contributed by atoms with Crippen LogP contribution in [0.3, 0.4) is 0 Å². The van der Waals surface area contributed by atoms with Crippen molar-refractivity contribution in [1.29, 1.82) is 0 Å². The molecule has 1 heterocycles. The zero-order chi connectivity index (χ0) is 11.5. The maximum atomic E-state index is 11.7. The first-order chi connectivity index (χ1) is 7.68. The van der Waals surface area contributed by atoms with E-state index in [9.17, 15) is 4.79 Å².